The SMILES string of the molecule is CCC1CC(C(=O)c2cc3ccc(=O)[nH]c3nc2C(F)(F)F)C=N1. The molecule has 1 aliphatic rings. The van der Waals surface area contributed by atoms with Crippen LogP contribution in [-0.4, -0.2) is 28.0 Å². The van der Waals surface area contributed by atoms with Gasteiger partial charge in [0, 0.05) is 23.2 Å². The Balaban J connectivity index is 2.12. The van der Waals surface area contributed by atoms with Crippen LogP contribution in [-0.2, 0) is 6.18 Å². The molecule has 2 unspecified atom stereocenters. The van der Waals surface area contributed by atoms with Gasteiger partial charge >= 0.3 is 6.18 Å². The number of rotatable bonds is 3. The fourth-order valence-corrected chi connectivity index (χ4v) is 2.77. The molecule has 2 atom stereocenters. The number of nitrogens with zero attached hydrogens (tertiary/aromatic N) is 2. The van der Waals surface area contributed by atoms with Gasteiger partial charge in [-0.25, -0.2) is 4.98 Å². The first-order chi connectivity index (χ1) is 11.3. The van der Waals surface area contributed by atoms with Crippen LogP contribution in [0.25, 0.3) is 11.0 Å². The highest BCUT2D eigenvalue weighted by Crippen LogP contribution is 2.34. The van der Waals surface area contributed by atoms with Gasteiger partial charge in [0.05, 0.1) is 12.0 Å². The minimum absolute atomic E-state index is 0.0435. The lowest BCUT2D eigenvalue weighted by molar-refractivity contribution is -0.141. The highest BCUT2D eigenvalue weighted by atomic mass is 19.4. The Hall–Kier alpha value is -2.51. The molecule has 0 amide bonds. The molecule has 5 nitrogen and oxygen atoms in total. The largest absolute Gasteiger partial charge is 0.434 e. The summed E-state index contributed by atoms with van der Waals surface area (Å²) in [4.78, 5) is 33.8. The first-order valence-electron chi connectivity index (χ1n) is 7.48. The molecule has 126 valence electrons. The highest BCUT2D eigenvalue weighted by molar-refractivity contribution is 6.08. The van der Waals surface area contributed by atoms with Crippen LogP contribution in [0.4, 0.5) is 13.2 Å². The number of halogens is 3. The molecule has 0 fully saturated rings. The molecular formula is C16H14F3N3O2. The van der Waals surface area contributed by atoms with E-state index in [4.69, 9.17) is 0 Å². The predicted octanol–water partition coefficient (Wildman–Crippen LogP) is 2.99. The maximum Gasteiger partial charge on any atom is 0.434 e. The topological polar surface area (TPSA) is 75.2 Å². The monoisotopic (exact) mass is 337 g/mol. The van der Waals surface area contributed by atoms with Crippen LogP contribution in [0.5, 0.6) is 0 Å². The number of aromatic amines is 1. The Morgan fingerprint density at radius 1 is 1.38 bits per heavy atom. The number of fused-ring (bicyclic) bond motifs is 1. The summed E-state index contributed by atoms with van der Waals surface area (Å²) in [5, 5.41) is 0.271. The molecule has 0 aliphatic carbocycles. The third-order valence-corrected chi connectivity index (χ3v) is 4.05. The summed E-state index contributed by atoms with van der Waals surface area (Å²) in [6.07, 6.45) is -2.25. The van der Waals surface area contributed by atoms with Gasteiger partial charge in [0.2, 0.25) is 5.56 Å². The second-order valence-electron chi connectivity index (χ2n) is 5.71. The zero-order chi connectivity index (χ0) is 17.5. The van der Waals surface area contributed by atoms with Gasteiger partial charge in [-0.3, -0.25) is 14.6 Å². The molecule has 2 aromatic rings. The number of carbonyl (C=O) groups is 1. The Kier molecular flexibility index (Phi) is 3.98. The average Bonchev–Trinajstić information content (AvgIpc) is 3.01. The molecule has 24 heavy (non-hydrogen) atoms. The van der Waals surface area contributed by atoms with Crippen molar-refractivity contribution in [3.05, 3.63) is 39.8 Å². The molecule has 0 saturated carbocycles. The van der Waals surface area contributed by atoms with Crippen LogP contribution in [0.3, 0.4) is 0 Å². The van der Waals surface area contributed by atoms with Gasteiger partial charge in [-0.2, -0.15) is 13.2 Å². The van der Waals surface area contributed by atoms with Crippen molar-refractivity contribution in [2.24, 2.45) is 10.9 Å². The lowest BCUT2D eigenvalue weighted by Crippen LogP contribution is -2.22. The summed E-state index contributed by atoms with van der Waals surface area (Å²) >= 11 is 0. The number of ketones is 1. The number of H-pyrrole nitrogens is 1. The third-order valence-electron chi connectivity index (χ3n) is 4.05. The summed E-state index contributed by atoms with van der Waals surface area (Å²) in [5.41, 5.74) is -2.53. The van der Waals surface area contributed by atoms with Crippen molar-refractivity contribution in [3.63, 3.8) is 0 Å². The number of hydrogen-bond donors (Lipinski definition) is 1. The Labute approximate surface area is 134 Å². The van der Waals surface area contributed by atoms with Crippen LogP contribution >= 0.6 is 0 Å². The summed E-state index contributed by atoms with van der Waals surface area (Å²) in [6.45, 7) is 1.91. The van der Waals surface area contributed by atoms with Crippen LogP contribution in [0.15, 0.2) is 28.0 Å². The average molecular weight is 337 g/mol. The van der Waals surface area contributed by atoms with E-state index in [0.29, 0.717) is 6.42 Å². The Bertz CT molecular complexity index is 886. The van der Waals surface area contributed by atoms with Gasteiger partial charge in [0.25, 0.3) is 0 Å². The number of carbonyl (C=O) groups excluding carboxylic acids is 1. The van der Waals surface area contributed by atoms with Gasteiger partial charge < -0.3 is 4.98 Å². The van der Waals surface area contributed by atoms with Gasteiger partial charge in [-0.1, -0.05) is 6.92 Å². The van der Waals surface area contributed by atoms with Crippen molar-refractivity contribution < 1.29 is 18.0 Å². The summed E-state index contributed by atoms with van der Waals surface area (Å²) in [5.74, 6) is -1.33. The van der Waals surface area contributed by atoms with Gasteiger partial charge in [-0.15, -0.1) is 0 Å². The molecule has 2 aromatic heterocycles. The van der Waals surface area contributed by atoms with Crippen LogP contribution < -0.4 is 5.56 Å². The zero-order valence-electron chi connectivity index (χ0n) is 12.7. The van der Waals surface area contributed by atoms with E-state index in [1.807, 2.05) is 6.92 Å². The number of Topliss-reactive ketones (excluding diaryl/α,β-unsaturated/α-hetero) is 1. The molecular weight excluding hydrogens is 323 g/mol. The second-order valence-corrected chi connectivity index (χ2v) is 5.71. The summed E-state index contributed by atoms with van der Waals surface area (Å²) in [7, 11) is 0. The van der Waals surface area contributed by atoms with E-state index in [1.54, 1.807) is 0 Å². The Morgan fingerprint density at radius 3 is 2.75 bits per heavy atom. The predicted molar refractivity (Wildman–Crippen MR) is 82.4 cm³/mol. The van der Waals surface area contributed by atoms with E-state index < -0.39 is 34.7 Å². The lowest BCUT2D eigenvalue weighted by Gasteiger charge is -2.14. The number of hydrogen-bond acceptors (Lipinski definition) is 4. The lowest BCUT2D eigenvalue weighted by atomic mass is 9.92. The Morgan fingerprint density at radius 2 is 2.12 bits per heavy atom. The third kappa shape index (κ3) is 2.95. The quantitative estimate of drug-likeness (QED) is 0.875. The number of aliphatic imine (C=N–C) groups is 1. The fourth-order valence-electron chi connectivity index (χ4n) is 2.77. The molecule has 3 rings (SSSR count). The maximum atomic E-state index is 13.3. The van der Waals surface area contributed by atoms with Crippen molar-refractivity contribution in [3.8, 4) is 0 Å². The van der Waals surface area contributed by atoms with E-state index in [-0.39, 0.29) is 17.1 Å². The van der Waals surface area contributed by atoms with E-state index in [1.165, 1.54) is 18.3 Å². The van der Waals surface area contributed by atoms with Crippen molar-refractivity contribution in [2.75, 3.05) is 0 Å². The molecule has 0 spiro atoms. The molecule has 1 N–H and O–H groups in total. The molecule has 0 aromatic carbocycles. The number of pyridine rings is 2. The van der Waals surface area contributed by atoms with Crippen LogP contribution in [0.1, 0.15) is 35.8 Å². The fraction of sp³-hybridized carbons (Fsp3) is 0.375. The van der Waals surface area contributed by atoms with Crippen LogP contribution in [0.2, 0.25) is 0 Å². The first kappa shape index (κ1) is 16.4. The van der Waals surface area contributed by atoms with Crippen LogP contribution in [0, 0.1) is 5.92 Å². The molecule has 0 saturated heterocycles. The number of aromatic nitrogens is 2. The normalized spacial score (nSPS) is 20.7. The smallest absolute Gasteiger partial charge is 0.307 e. The van der Waals surface area contributed by atoms with Crippen molar-refractivity contribution >= 4 is 23.0 Å². The number of alkyl halides is 3. The summed E-state index contributed by atoms with van der Waals surface area (Å²) in [6, 6.07) is 3.61. The van der Waals surface area contributed by atoms with E-state index in [2.05, 4.69) is 15.0 Å². The minimum atomic E-state index is -4.80. The number of nitrogens with one attached hydrogen (secondary N) is 1. The standard InChI is InChI=1S/C16H14F3N3O2/c1-2-10-5-9(7-20-10)13(24)11-6-8-3-4-12(23)21-15(8)22-14(11)16(17,18)19/h3-4,6-7,9-10H,2,5H2,1H3,(H,21,22,23). The first-order valence-corrected chi connectivity index (χ1v) is 7.48. The zero-order valence-corrected chi connectivity index (χ0v) is 12.7. The van der Waals surface area contributed by atoms with E-state index >= 15 is 0 Å². The summed E-state index contributed by atoms with van der Waals surface area (Å²) < 4.78 is 40.0. The molecule has 1 aliphatic heterocycles. The second kappa shape index (κ2) is 5.85. The highest BCUT2D eigenvalue weighted by Gasteiger charge is 2.39. The van der Waals surface area contributed by atoms with Crippen molar-refractivity contribution in [2.45, 2.75) is 32.0 Å². The van der Waals surface area contributed by atoms with Gasteiger partial charge in [0.15, 0.2) is 11.5 Å². The molecule has 8 heteroatoms. The van der Waals surface area contributed by atoms with E-state index in [9.17, 15) is 22.8 Å². The maximum absolute atomic E-state index is 13.3. The molecule has 3 heterocycles. The van der Waals surface area contributed by atoms with E-state index in [0.717, 1.165) is 12.5 Å². The van der Waals surface area contributed by atoms with Crippen molar-refractivity contribution in [1.82, 2.24) is 9.97 Å². The molecule has 0 bridgehead atoms. The minimum Gasteiger partial charge on any atom is -0.307 e. The molecule has 0 radical (unpaired) electrons. The van der Waals surface area contributed by atoms with Crippen molar-refractivity contribution in [1.29, 1.82) is 0 Å². The van der Waals surface area contributed by atoms with Gasteiger partial charge in [0.1, 0.15) is 5.65 Å². The van der Waals surface area contributed by atoms with Gasteiger partial charge in [-0.05, 0) is 25.0 Å².